The van der Waals surface area contributed by atoms with Gasteiger partial charge in [0.25, 0.3) is 5.91 Å². The van der Waals surface area contributed by atoms with E-state index in [-0.39, 0.29) is 12.5 Å². The molecule has 1 aromatic heterocycles. The summed E-state index contributed by atoms with van der Waals surface area (Å²) in [7, 11) is 0. The van der Waals surface area contributed by atoms with Gasteiger partial charge in [0, 0.05) is 25.4 Å². The number of allylic oxidation sites excluding steroid dienone is 8. The number of nitrogens with zero attached hydrogens (tertiary/aromatic N) is 3. The van der Waals surface area contributed by atoms with Crippen LogP contribution in [0.4, 0.5) is 5.82 Å². The van der Waals surface area contributed by atoms with Crippen LogP contribution in [-0.4, -0.2) is 47.9 Å². The molecule has 2 aliphatic rings. The van der Waals surface area contributed by atoms with Gasteiger partial charge in [-0.2, -0.15) is 0 Å². The zero-order valence-electron chi connectivity index (χ0n) is 20.0. The summed E-state index contributed by atoms with van der Waals surface area (Å²) in [5.74, 6) is 0.812. The van der Waals surface area contributed by atoms with E-state index >= 15 is 0 Å². The first kappa shape index (κ1) is 25.2. The number of amides is 1. The van der Waals surface area contributed by atoms with E-state index in [0.29, 0.717) is 12.6 Å². The monoisotopic (exact) mass is 468 g/mol. The van der Waals surface area contributed by atoms with E-state index in [1.54, 1.807) is 0 Å². The third-order valence-corrected chi connectivity index (χ3v) is 6.03. The van der Waals surface area contributed by atoms with E-state index in [2.05, 4.69) is 59.9 Å². The maximum Gasteiger partial charge on any atom is 0.255 e. The largest absolute Gasteiger partial charge is 0.372 e. The number of carbonyl (C=O) groups is 1. The third kappa shape index (κ3) is 7.57. The van der Waals surface area contributed by atoms with E-state index in [0.717, 1.165) is 73.4 Å². The number of carbonyl (C=O) groups excluding carboxylic acids is 1. The Labute approximate surface area is 202 Å². The molecule has 0 spiro atoms. The molecule has 1 aromatic rings. The van der Waals surface area contributed by atoms with E-state index in [1.807, 2.05) is 12.5 Å². The molecule has 0 aliphatic heterocycles. The Morgan fingerprint density at radius 2 is 1.79 bits per heavy atom. The van der Waals surface area contributed by atoms with Crippen LogP contribution >= 0.6 is 11.9 Å². The number of nitrogens with one attached hydrogen (secondary N) is 1. The van der Waals surface area contributed by atoms with E-state index < -0.39 is 0 Å². The zero-order valence-corrected chi connectivity index (χ0v) is 20.9. The first-order chi connectivity index (χ1) is 16.1. The van der Waals surface area contributed by atoms with Crippen LogP contribution in [0.25, 0.3) is 11.1 Å². The molecule has 1 N–H and O–H groups in total. The molecular formula is C26H36N4O2S. The highest BCUT2D eigenvalue weighted by Crippen LogP contribution is 2.30. The molecule has 178 valence electrons. The van der Waals surface area contributed by atoms with Crippen LogP contribution in [0.5, 0.6) is 0 Å². The maximum absolute atomic E-state index is 11.5. The van der Waals surface area contributed by atoms with Crippen molar-refractivity contribution < 1.29 is 9.53 Å². The summed E-state index contributed by atoms with van der Waals surface area (Å²) in [6.45, 7) is 5.91. The van der Waals surface area contributed by atoms with Crippen molar-refractivity contribution in [2.45, 2.75) is 58.4 Å². The molecule has 0 unspecified atom stereocenters. The molecule has 0 atom stereocenters. The van der Waals surface area contributed by atoms with Crippen molar-refractivity contribution >= 4 is 34.8 Å². The van der Waals surface area contributed by atoms with Gasteiger partial charge in [0.1, 0.15) is 12.4 Å². The van der Waals surface area contributed by atoms with Crippen LogP contribution in [0, 0.1) is 0 Å². The summed E-state index contributed by atoms with van der Waals surface area (Å²) in [4.78, 5) is 23.8. The molecule has 1 heterocycles. The number of hydrogen-bond acceptors (Lipinski definition) is 6. The smallest absolute Gasteiger partial charge is 0.255 e. The van der Waals surface area contributed by atoms with Crippen LogP contribution in [-0.2, 0) is 9.53 Å². The van der Waals surface area contributed by atoms with Gasteiger partial charge in [-0.15, -0.1) is 0 Å². The first-order valence-corrected chi connectivity index (χ1v) is 13.1. The number of aromatic nitrogens is 2. The fraction of sp³-hybridized carbons (Fsp3) is 0.500. The van der Waals surface area contributed by atoms with E-state index in [9.17, 15) is 4.79 Å². The van der Waals surface area contributed by atoms with Crippen LogP contribution in [0.2, 0.25) is 0 Å². The molecule has 0 aromatic carbocycles. The van der Waals surface area contributed by atoms with Gasteiger partial charge in [-0.3, -0.25) is 14.5 Å². The highest BCUT2D eigenvalue weighted by molar-refractivity contribution is 7.97. The normalized spacial score (nSPS) is 15.4. The lowest BCUT2D eigenvalue weighted by Crippen LogP contribution is -2.33. The molecule has 0 bridgehead atoms. The summed E-state index contributed by atoms with van der Waals surface area (Å²) in [6.07, 6.45) is 23.1. The fourth-order valence-electron chi connectivity index (χ4n) is 3.94. The Morgan fingerprint density at radius 1 is 1.09 bits per heavy atom. The van der Waals surface area contributed by atoms with Crippen molar-refractivity contribution in [2.24, 2.45) is 0 Å². The van der Waals surface area contributed by atoms with Gasteiger partial charge in [0.15, 0.2) is 0 Å². The minimum atomic E-state index is -0.0943. The summed E-state index contributed by atoms with van der Waals surface area (Å²) in [6, 6.07) is 0.302. The van der Waals surface area contributed by atoms with Crippen molar-refractivity contribution in [3.63, 3.8) is 0 Å². The average molecular weight is 469 g/mol. The molecule has 0 radical (unpaired) electrons. The number of unbranched alkanes of at least 4 members (excludes halogenated alkanes) is 1. The molecule has 2 aliphatic carbocycles. The van der Waals surface area contributed by atoms with Gasteiger partial charge < -0.3 is 9.64 Å². The minimum absolute atomic E-state index is 0.0943. The number of anilines is 1. The molecular weight excluding hydrogens is 432 g/mol. The van der Waals surface area contributed by atoms with E-state index in [4.69, 9.17) is 14.7 Å². The second-order valence-electron chi connectivity index (χ2n) is 8.48. The average Bonchev–Trinajstić information content (AvgIpc) is 2.84. The Bertz CT molecular complexity index is 921. The predicted molar refractivity (Wildman–Crippen MR) is 139 cm³/mol. The Balaban J connectivity index is 1.70. The third-order valence-electron chi connectivity index (χ3n) is 5.60. The van der Waals surface area contributed by atoms with Crippen molar-refractivity contribution in [2.75, 3.05) is 30.9 Å². The van der Waals surface area contributed by atoms with Crippen LogP contribution < -0.4 is 9.62 Å². The molecule has 6 nitrogen and oxygen atoms in total. The van der Waals surface area contributed by atoms with Crippen LogP contribution in [0.3, 0.4) is 0 Å². The van der Waals surface area contributed by atoms with Crippen LogP contribution in [0.1, 0.15) is 63.8 Å². The standard InChI is InChI=1S/C26H36N4O2S/c1-20(2)30(16-10-11-17-32-19-24(31)29-33-3)23-18-27-25(21-12-6-4-7-13-21)26(28-23)22-14-8-5-9-15-22/h6,8,12-15,18,20H,4-5,7,9-11,16-17,19H2,1-3H3,(H,29,31). The number of ether oxygens (including phenoxy) is 1. The molecule has 3 rings (SSSR count). The Kier molecular flexibility index (Phi) is 10.2. The van der Waals surface area contributed by atoms with Gasteiger partial charge in [-0.1, -0.05) is 48.4 Å². The number of rotatable bonds is 12. The Morgan fingerprint density at radius 3 is 2.39 bits per heavy atom. The molecule has 0 fully saturated rings. The maximum atomic E-state index is 11.5. The highest BCUT2D eigenvalue weighted by atomic mass is 32.2. The SMILES string of the molecule is CSNC(=O)COCCCCN(c1cnc(C2=CCCC=C2)c(C2=CCCC=C2)n1)C(C)C. The lowest BCUT2D eigenvalue weighted by atomic mass is 9.97. The number of hydrogen-bond donors (Lipinski definition) is 1. The molecule has 7 heteroatoms. The lowest BCUT2D eigenvalue weighted by Gasteiger charge is -2.28. The summed E-state index contributed by atoms with van der Waals surface area (Å²) >= 11 is 1.29. The van der Waals surface area contributed by atoms with Crippen LogP contribution in [0.15, 0.2) is 42.7 Å². The topological polar surface area (TPSA) is 67.3 Å². The van der Waals surface area contributed by atoms with E-state index in [1.165, 1.54) is 11.9 Å². The van der Waals surface area contributed by atoms with Crippen molar-refractivity contribution in [1.29, 1.82) is 0 Å². The van der Waals surface area contributed by atoms with Crippen molar-refractivity contribution in [3.05, 3.63) is 54.0 Å². The quantitative estimate of drug-likeness (QED) is 0.329. The predicted octanol–water partition coefficient (Wildman–Crippen LogP) is 5.35. The highest BCUT2D eigenvalue weighted by Gasteiger charge is 2.19. The zero-order chi connectivity index (χ0) is 23.5. The molecule has 0 saturated carbocycles. The van der Waals surface area contributed by atoms with Crippen molar-refractivity contribution in [3.8, 4) is 0 Å². The summed E-state index contributed by atoms with van der Waals surface area (Å²) in [5, 5.41) is 0. The molecule has 1 amide bonds. The molecule has 0 saturated heterocycles. The fourth-order valence-corrected chi connectivity index (χ4v) is 4.23. The minimum Gasteiger partial charge on any atom is -0.372 e. The van der Waals surface area contributed by atoms with Gasteiger partial charge in [-0.05, 0) is 63.5 Å². The van der Waals surface area contributed by atoms with Gasteiger partial charge in [0.2, 0.25) is 0 Å². The molecule has 33 heavy (non-hydrogen) atoms. The summed E-state index contributed by atoms with van der Waals surface area (Å²) < 4.78 is 8.14. The lowest BCUT2D eigenvalue weighted by molar-refractivity contribution is -0.123. The van der Waals surface area contributed by atoms with Crippen molar-refractivity contribution in [1.82, 2.24) is 14.7 Å². The first-order valence-electron chi connectivity index (χ1n) is 11.9. The second kappa shape index (κ2) is 13.4. The Hall–Kier alpha value is -2.38. The summed E-state index contributed by atoms with van der Waals surface area (Å²) in [5.41, 5.74) is 4.25. The second-order valence-corrected chi connectivity index (χ2v) is 9.09. The van der Waals surface area contributed by atoms with Gasteiger partial charge in [-0.25, -0.2) is 4.98 Å². The van der Waals surface area contributed by atoms with Gasteiger partial charge in [0.05, 0.1) is 17.6 Å². The van der Waals surface area contributed by atoms with Gasteiger partial charge >= 0.3 is 0 Å².